The van der Waals surface area contributed by atoms with Crippen LogP contribution in [0.1, 0.15) is 24.4 Å². The summed E-state index contributed by atoms with van der Waals surface area (Å²) < 4.78 is 18.9. The third-order valence-electron chi connectivity index (χ3n) is 4.54. The van der Waals surface area contributed by atoms with Gasteiger partial charge in [-0.2, -0.15) is 0 Å². The predicted octanol–water partition coefficient (Wildman–Crippen LogP) is 3.70. The van der Waals surface area contributed by atoms with E-state index in [1.165, 1.54) is 12.1 Å². The van der Waals surface area contributed by atoms with E-state index in [0.29, 0.717) is 10.9 Å². The van der Waals surface area contributed by atoms with Gasteiger partial charge in [-0.05, 0) is 36.5 Å². The Labute approximate surface area is 154 Å². The molecule has 2 aliphatic heterocycles. The minimum Gasteiger partial charge on any atom is -0.381 e. The highest BCUT2D eigenvalue weighted by atomic mass is 35.5. The van der Waals surface area contributed by atoms with E-state index in [1.54, 1.807) is 0 Å². The van der Waals surface area contributed by atoms with Crippen LogP contribution < -0.4 is 5.32 Å². The highest BCUT2D eigenvalue weighted by Crippen LogP contribution is 2.38. The SMILES string of the molecule is Cl.Cl.Fc1ccc([C@@H](C2CCOCC2)N2CCNCC2)c(Cl)c1. The number of nitrogens with one attached hydrogen (secondary N) is 1. The molecule has 23 heavy (non-hydrogen) atoms. The van der Waals surface area contributed by atoms with Crippen molar-refractivity contribution in [1.82, 2.24) is 10.2 Å². The first kappa shape index (κ1) is 20.9. The molecule has 3 nitrogen and oxygen atoms in total. The Morgan fingerprint density at radius 3 is 2.43 bits per heavy atom. The molecule has 1 atom stereocenters. The Morgan fingerprint density at radius 2 is 1.83 bits per heavy atom. The molecule has 2 fully saturated rings. The number of ether oxygens (including phenoxy) is 1. The van der Waals surface area contributed by atoms with Gasteiger partial charge in [-0.25, -0.2) is 4.39 Å². The predicted molar refractivity (Wildman–Crippen MR) is 96.6 cm³/mol. The van der Waals surface area contributed by atoms with Gasteiger partial charge >= 0.3 is 0 Å². The van der Waals surface area contributed by atoms with Crippen molar-refractivity contribution in [2.24, 2.45) is 5.92 Å². The normalized spacial score (nSPS) is 21.1. The fourth-order valence-corrected chi connectivity index (χ4v) is 3.76. The van der Waals surface area contributed by atoms with Crippen LogP contribution in [-0.2, 0) is 4.74 Å². The van der Waals surface area contributed by atoms with E-state index in [9.17, 15) is 4.39 Å². The number of piperazine rings is 1. The highest BCUT2D eigenvalue weighted by molar-refractivity contribution is 6.31. The first-order valence-corrected chi connectivity index (χ1v) is 8.11. The van der Waals surface area contributed by atoms with Gasteiger partial charge in [0, 0.05) is 50.5 Å². The zero-order valence-corrected chi connectivity index (χ0v) is 15.4. The lowest BCUT2D eigenvalue weighted by atomic mass is 9.85. The summed E-state index contributed by atoms with van der Waals surface area (Å²) >= 11 is 6.35. The number of halogens is 4. The molecule has 0 radical (unpaired) electrons. The van der Waals surface area contributed by atoms with Crippen LogP contribution in [0.25, 0.3) is 0 Å². The topological polar surface area (TPSA) is 24.5 Å². The summed E-state index contributed by atoms with van der Waals surface area (Å²) in [4.78, 5) is 2.49. The third-order valence-corrected chi connectivity index (χ3v) is 4.87. The maximum Gasteiger partial charge on any atom is 0.124 e. The smallest absolute Gasteiger partial charge is 0.124 e. The second-order valence-electron chi connectivity index (χ2n) is 5.85. The fourth-order valence-electron chi connectivity index (χ4n) is 3.48. The van der Waals surface area contributed by atoms with Crippen molar-refractivity contribution in [3.63, 3.8) is 0 Å². The van der Waals surface area contributed by atoms with Crippen LogP contribution in [0.4, 0.5) is 4.39 Å². The van der Waals surface area contributed by atoms with Crippen molar-refractivity contribution in [3.05, 3.63) is 34.6 Å². The molecule has 0 saturated carbocycles. The van der Waals surface area contributed by atoms with Crippen molar-refractivity contribution in [2.45, 2.75) is 18.9 Å². The Kier molecular flexibility index (Phi) is 9.12. The maximum atomic E-state index is 13.4. The number of rotatable bonds is 3. The molecule has 2 saturated heterocycles. The molecule has 132 valence electrons. The lowest BCUT2D eigenvalue weighted by Gasteiger charge is -2.41. The number of hydrogen-bond donors (Lipinski definition) is 1. The van der Waals surface area contributed by atoms with Gasteiger partial charge in [-0.15, -0.1) is 24.8 Å². The lowest BCUT2D eigenvalue weighted by molar-refractivity contribution is 0.0213. The molecular formula is C16H24Cl3FN2O. The quantitative estimate of drug-likeness (QED) is 0.858. The Morgan fingerprint density at radius 1 is 1.17 bits per heavy atom. The van der Waals surface area contributed by atoms with Crippen molar-refractivity contribution in [1.29, 1.82) is 0 Å². The second kappa shape index (κ2) is 10.0. The fraction of sp³-hybridized carbons (Fsp3) is 0.625. The van der Waals surface area contributed by atoms with E-state index < -0.39 is 0 Å². The Balaban J connectivity index is 0.00000132. The van der Waals surface area contributed by atoms with E-state index in [4.69, 9.17) is 16.3 Å². The van der Waals surface area contributed by atoms with Crippen LogP contribution in [-0.4, -0.2) is 44.3 Å². The lowest BCUT2D eigenvalue weighted by Crippen LogP contribution is -2.47. The molecule has 0 unspecified atom stereocenters. The van der Waals surface area contributed by atoms with Crippen LogP contribution >= 0.6 is 36.4 Å². The molecule has 0 aromatic heterocycles. The summed E-state index contributed by atoms with van der Waals surface area (Å²) in [5.74, 6) is 0.259. The van der Waals surface area contributed by atoms with Crippen molar-refractivity contribution in [3.8, 4) is 0 Å². The van der Waals surface area contributed by atoms with Gasteiger partial charge in [0.15, 0.2) is 0 Å². The summed E-state index contributed by atoms with van der Waals surface area (Å²) in [6, 6.07) is 5.09. The van der Waals surface area contributed by atoms with E-state index in [1.807, 2.05) is 6.07 Å². The maximum absolute atomic E-state index is 13.4. The van der Waals surface area contributed by atoms with Crippen LogP contribution in [0.3, 0.4) is 0 Å². The van der Waals surface area contributed by atoms with E-state index in [2.05, 4.69) is 10.2 Å². The van der Waals surface area contributed by atoms with Gasteiger partial charge in [0.25, 0.3) is 0 Å². The van der Waals surface area contributed by atoms with Gasteiger partial charge in [0.1, 0.15) is 5.82 Å². The molecule has 1 N–H and O–H groups in total. The standard InChI is InChI=1S/C16H22ClFN2O.2ClH/c17-15-11-13(18)1-2-14(15)16(12-3-9-21-10-4-12)20-7-5-19-6-8-20;;/h1-2,11-12,16,19H,3-10H2;2*1H/t16-;;/m1../s1. The molecule has 1 aromatic carbocycles. The largest absolute Gasteiger partial charge is 0.381 e. The zero-order valence-electron chi connectivity index (χ0n) is 13.0. The molecule has 0 amide bonds. The molecule has 2 aliphatic rings. The molecule has 0 aliphatic carbocycles. The summed E-state index contributed by atoms with van der Waals surface area (Å²) in [5.41, 5.74) is 1.06. The Bertz CT molecular complexity index is 462. The molecule has 7 heteroatoms. The highest BCUT2D eigenvalue weighted by Gasteiger charge is 2.32. The minimum atomic E-state index is -0.269. The molecule has 3 rings (SSSR count). The van der Waals surface area contributed by atoms with Gasteiger partial charge in [-0.3, -0.25) is 4.90 Å². The van der Waals surface area contributed by atoms with Gasteiger partial charge in [0.05, 0.1) is 0 Å². The van der Waals surface area contributed by atoms with Crippen LogP contribution in [0.2, 0.25) is 5.02 Å². The molecule has 1 aromatic rings. The van der Waals surface area contributed by atoms with E-state index >= 15 is 0 Å². The Hall–Kier alpha value is -0.100. The van der Waals surface area contributed by atoms with Gasteiger partial charge < -0.3 is 10.1 Å². The first-order valence-electron chi connectivity index (χ1n) is 7.73. The number of benzene rings is 1. The monoisotopic (exact) mass is 384 g/mol. The number of hydrogen-bond acceptors (Lipinski definition) is 3. The number of nitrogens with zero attached hydrogens (tertiary/aromatic N) is 1. The second-order valence-corrected chi connectivity index (χ2v) is 6.25. The van der Waals surface area contributed by atoms with Crippen molar-refractivity contribution in [2.75, 3.05) is 39.4 Å². The summed E-state index contributed by atoms with van der Waals surface area (Å²) in [5, 5.41) is 3.93. The molecular weight excluding hydrogens is 362 g/mol. The van der Waals surface area contributed by atoms with Gasteiger partial charge in [0.2, 0.25) is 0 Å². The average molecular weight is 386 g/mol. The summed E-state index contributed by atoms with van der Waals surface area (Å²) in [6.07, 6.45) is 2.09. The van der Waals surface area contributed by atoms with Crippen molar-refractivity contribution >= 4 is 36.4 Å². The van der Waals surface area contributed by atoms with Gasteiger partial charge in [-0.1, -0.05) is 17.7 Å². The molecule has 0 bridgehead atoms. The van der Waals surface area contributed by atoms with Crippen LogP contribution in [0.15, 0.2) is 18.2 Å². The molecule has 2 heterocycles. The van der Waals surface area contributed by atoms with Crippen molar-refractivity contribution < 1.29 is 9.13 Å². The van der Waals surface area contributed by atoms with Crippen LogP contribution in [0, 0.1) is 11.7 Å². The van der Waals surface area contributed by atoms with Crippen LogP contribution in [0.5, 0.6) is 0 Å². The third kappa shape index (κ3) is 5.18. The zero-order chi connectivity index (χ0) is 14.7. The van der Waals surface area contributed by atoms with E-state index in [0.717, 1.165) is 57.8 Å². The average Bonchev–Trinajstić information content (AvgIpc) is 2.52. The summed E-state index contributed by atoms with van der Waals surface area (Å²) in [7, 11) is 0. The molecule has 0 spiro atoms. The summed E-state index contributed by atoms with van der Waals surface area (Å²) in [6.45, 7) is 5.64. The minimum absolute atomic E-state index is 0. The first-order chi connectivity index (χ1) is 10.3. The van der Waals surface area contributed by atoms with E-state index in [-0.39, 0.29) is 36.7 Å².